The van der Waals surface area contributed by atoms with E-state index in [-0.39, 0.29) is 16.6 Å². The van der Waals surface area contributed by atoms with Crippen molar-refractivity contribution >= 4 is 27.3 Å². The summed E-state index contributed by atoms with van der Waals surface area (Å²) in [6.07, 6.45) is 0.679. The van der Waals surface area contributed by atoms with Crippen LogP contribution in [-0.4, -0.2) is 35.1 Å². The van der Waals surface area contributed by atoms with E-state index in [0.717, 1.165) is 11.3 Å². The molecule has 0 atom stereocenters. The van der Waals surface area contributed by atoms with Crippen molar-refractivity contribution < 1.29 is 22.7 Å². The summed E-state index contributed by atoms with van der Waals surface area (Å²) in [6.45, 7) is 6.25. The number of hydrogen-bond acceptors (Lipinski definition) is 5. The van der Waals surface area contributed by atoms with Crippen LogP contribution >= 0.6 is 0 Å². The van der Waals surface area contributed by atoms with Gasteiger partial charge in [0.15, 0.2) is 0 Å². The molecule has 0 unspecified atom stereocenters. The Labute approximate surface area is 171 Å². The highest BCUT2D eigenvalue weighted by Crippen LogP contribution is 2.35. The molecule has 156 valence electrons. The summed E-state index contributed by atoms with van der Waals surface area (Å²) in [4.78, 5) is 14.4. The Balaban J connectivity index is 1.88. The van der Waals surface area contributed by atoms with Gasteiger partial charge in [0.1, 0.15) is 16.4 Å². The lowest BCUT2D eigenvalue weighted by Gasteiger charge is -2.26. The lowest BCUT2D eigenvalue weighted by Crippen LogP contribution is -2.38. The third kappa shape index (κ3) is 4.17. The number of nitrogens with zero attached hydrogens (tertiary/aromatic N) is 1. The molecule has 0 spiro atoms. The summed E-state index contributed by atoms with van der Waals surface area (Å²) in [7, 11) is -0.956. The second-order valence-electron chi connectivity index (χ2n) is 7.92. The Morgan fingerprint density at radius 1 is 1.07 bits per heavy atom. The first-order chi connectivity index (χ1) is 13.6. The van der Waals surface area contributed by atoms with Crippen LogP contribution in [0.4, 0.5) is 11.4 Å². The van der Waals surface area contributed by atoms with Crippen LogP contribution < -0.4 is 19.1 Å². The van der Waals surface area contributed by atoms with Gasteiger partial charge in [0, 0.05) is 29.4 Å². The number of methoxy groups -OCH3 is 2. The molecule has 29 heavy (non-hydrogen) atoms. The summed E-state index contributed by atoms with van der Waals surface area (Å²) in [5.41, 5.74) is 1.72. The summed E-state index contributed by atoms with van der Waals surface area (Å²) in [5, 5.41) is 0. The molecule has 0 saturated carbocycles. The number of nitrogens with one attached hydrogen (secondary N) is 1. The smallest absolute Gasteiger partial charge is 0.265 e. The SMILES string of the molecule is COc1ccc(S(=O)(=O)Nc2ccc3c(c2)CCN3C(=O)C(C)(C)C)c(OC)c1. The van der Waals surface area contributed by atoms with Crippen molar-refractivity contribution in [3.63, 3.8) is 0 Å². The first kappa shape index (κ1) is 21.0. The van der Waals surface area contributed by atoms with Crippen molar-refractivity contribution in [1.29, 1.82) is 0 Å². The topological polar surface area (TPSA) is 84.9 Å². The first-order valence-electron chi connectivity index (χ1n) is 9.26. The van der Waals surface area contributed by atoms with Gasteiger partial charge in [0.05, 0.1) is 14.2 Å². The van der Waals surface area contributed by atoms with Crippen LogP contribution in [0.25, 0.3) is 0 Å². The Morgan fingerprint density at radius 3 is 2.41 bits per heavy atom. The minimum atomic E-state index is -3.86. The summed E-state index contributed by atoms with van der Waals surface area (Å²) in [5.74, 6) is 0.745. The average Bonchev–Trinajstić information content (AvgIpc) is 3.08. The van der Waals surface area contributed by atoms with E-state index in [1.807, 2.05) is 20.8 Å². The van der Waals surface area contributed by atoms with Crippen molar-refractivity contribution in [3.05, 3.63) is 42.0 Å². The molecule has 0 aromatic heterocycles. The number of anilines is 2. The van der Waals surface area contributed by atoms with Crippen LogP contribution in [0, 0.1) is 5.41 Å². The van der Waals surface area contributed by atoms with E-state index in [9.17, 15) is 13.2 Å². The molecule has 7 nitrogen and oxygen atoms in total. The Hall–Kier alpha value is -2.74. The van der Waals surface area contributed by atoms with Gasteiger partial charge in [0.25, 0.3) is 10.0 Å². The fraction of sp³-hybridized carbons (Fsp3) is 0.381. The first-order valence-corrected chi connectivity index (χ1v) is 10.7. The van der Waals surface area contributed by atoms with Gasteiger partial charge in [0.2, 0.25) is 5.91 Å². The minimum Gasteiger partial charge on any atom is -0.497 e. The number of carbonyl (C=O) groups excluding carboxylic acids is 1. The third-order valence-corrected chi connectivity index (χ3v) is 6.20. The molecule has 2 aromatic rings. The van der Waals surface area contributed by atoms with Crippen molar-refractivity contribution in [2.45, 2.75) is 32.1 Å². The number of sulfonamides is 1. The van der Waals surface area contributed by atoms with Gasteiger partial charge in [-0.15, -0.1) is 0 Å². The second kappa shape index (κ2) is 7.59. The quantitative estimate of drug-likeness (QED) is 0.804. The zero-order valence-corrected chi connectivity index (χ0v) is 18.1. The van der Waals surface area contributed by atoms with Crippen LogP contribution in [0.3, 0.4) is 0 Å². The summed E-state index contributed by atoms with van der Waals surface area (Å²) >= 11 is 0. The van der Waals surface area contributed by atoms with Gasteiger partial charge < -0.3 is 14.4 Å². The molecule has 0 fully saturated rings. The molecule has 0 aliphatic carbocycles. The van der Waals surface area contributed by atoms with Gasteiger partial charge >= 0.3 is 0 Å². The predicted octanol–water partition coefficient (Wildman–Crippen LogP) is 3.44. The zero-order chi connectivity index (χ0) is 21.4. The molecule has 3 rings (SSSR count). The van der Waals surface area contributed by atoms with Gasteiger partial charge in [-0.05, 0) is 42.3 Å². The van der Waals surface area contributed by atoms with Crippen LogP contribution in [0.1, 0.15) is 26.3 Å². The number of benzene rings is 2. The maximum absolute atomic E-state index is 12.9. The van der Waals surface area contributed by atoms with Gasteiger partial charge in [-0.1, -0.05) is 20.8 Å². The van der Waals surface area contributed by atoms with Gasteiger partial charge in [-0.25, -0.2) is 8.42 Å². The van der Waals surface area contributed by atoms with Crippen molar-refractivity contribution in [1.82, 2.24) is 0 Å². The zero-order valence-electron chi connectivity index (χ0n) is 17.3. The highest BCUT2D eigenvalue weighted by atomic mass is 32.2. The fourth-order valence-electron chi connectivity index (χ4n) is 3.29. The molecule has 0 saturated heterocycles. The van der Waals surface area contributed by atoms with Gasteiger partial charge in [-0.2, -0.15) is 0 Å². The highest BCUT2D eigenvalue weighted by Gasteiger charge is 2.32. The average molecular weight is 419 g/mol. The largest absolute Gasteiger partial charge is 0.497 e. The monoisotopic (exact) mass is 418 g/mol. The molecule has 2 aromatic carbocycles. The molecule has 1 heterocycles. The van der Waals surface area contributed by atoms with E-state index in [2.05, 4.69) is 4.72 Å². The number of carbonyl (C=O) groups is 1. The maximum Gasteiger partial charge on any atom is 0.265 e. The third-order valence-electron chi connectivity index (χ3n) is 4.77. The van der Waals surface area contributed by atoms with Crippen LogP contribution in [0.2, 0.25) is 0 Å². The van der Waals surface area contributed by atoms with Crippen LogP contribution in [0.15, 0.2) is 41.3 Å². The second-order valence-corrected chi connectivity index (χ2v) is 9.57. The standard InChI is InChI=1S/C21H26N2O5S/c1-21(2,3)20(24)23-11-10-14-12-15(6-8-17(14)23)22-29(25,26)19-9-7-16(27-4)13-18(19)28-5/h6-9,12-13,22H,10-11H2,1-5H3. The Bertz CT molecular complexity index is 1040. The number of rotatable bonds is 5. The van der Waals surface area contributed by atoms with Crippen molar-refractivity contribution in [3.8, 4) is 11.5 Å². The summed E-state index contributed by atoms with van der Waals surface area (Å²) < 4.78 is 38.7. The van der Waals surface area contributed by atoms with Crippen LogP contribution in [0.5, 0.6) is 11.5 Å². The molecule has 1 aliphatic rings. The molecule has 1 amide bonds. The van der Waals surface area contributed by atoms with E-state index in [0.29, 0.717) is 24.4 Å². The van der Waals surface area contributed by atoms with Crippen LogP contribution in [-0.2, 0) is 21.2 Å². The molecular formula is C21H26N2O5S. The number of ether oxygens (including phenoxy) is 2. The van der Waals surface area contributed by atoms with E-state index in [1.165, 1.54) is 26.4 Å². The maximum atomic E-state index is 12.9. The highest BCUT2D eigenvalue weighted by molar-refractivity contribution is 7.92. The molecule has 0 bridgehead atoms. The summed E-state index contributed by atoms with van der Waals surface area (Å²) in [6, 6.07) is 9.76. The van der Waals surface area contributed by atoms with E-state index in [4.69, 9.17) is 9.47 Å². The molecule has 1 N–H and O–H groups in total. The number of fused-ring (bicyclic) bond motifs is 1. The predicted molar refractivity (Wildman–Crippen MR) is 112 cm³/mol. The molecular weight excluding hydrogens is 392 g/mol. The lowest BCUT2D eigenvalue weighted by molar-refractivity contribution is -0.125. The van der Waals surface area contributed by atoms with Crippen molar-refractivity contribution in [2.75, 3.05) is 30.4 Å². The Morgan fingerprint density at radius 2 is 1.79 bits per heavy atom. The Kier molecular flexibility index (Phi) is 5.49. The van der Waals surface area contributed by atoms with E-state index < -0.39 is 15.4 Å². The minimum absolute atomic E-state index is 0.0193. The molecule has 8 heteroatoms. The lowest BCUT2D eigenvalue weighted by atomic mass is 9.94. The van der Waals surface area contributed by atoms with Gasteiger partial charge in [-0.3, -0.25) is 9.52 Å². The normalized spacial score (nSPS) is 13.8. The molecule has 1 aliphatic heterocycles. The number of amides is 1. The van der Waals surface area contributed by atoms with E-state index >= 15 is 0 Å². The fourth-order valence-corrected chi connectivity index (χ4v) is 4.49. The van der Waals surface area contributed by atoms with E-state index in [1.54, 1.807) is 29.2 Å². The van der Waals surface area contributed by atoms with Crippen molar-refractivity contribution in [2.24, 2.45) is 5.41 Å². The number of hydrogen-bond donors (Lipinski definition) is 1. The molecule has 0 radical (unpaired) electrons.